The van der Waals surface area contributed by atoms with Gasteiger partial charge in [-0.3, -0.25) is 0 Å². The van der Waals surface area contributed by atoms with Crippen molar-refractivity contribution in [2.24, 2.45) is 0 Å². The third-order valence-electron chi connectivity index (χ3n) is 3.68. The van der Waals surface area contributed by atoms with Crippen LogP contribution in [0.25, 0.3) is 5.65 Å². The molecule has 0 saturated heterocycles. The van der Waals surface area contributed by atoms with Crippen LogP contribution in [0.2, 0.25) is 0 Å². The summed E-state index contributed by atoms with van der Waals surface area (Å²) in [6.07, 6.45) is 3.74. The lowest BCUT2D eigenvalue weighted by atomic mass is 9.91. The van der Waals surface area contributed by atoms with Crippen molar-refractivity contribution in [3.05, 3.63) is 34.8 Å². The highest BCUT2D eigenvalue weighted by Gasteiger charge is 2.22. The molecule has 0 amide bonds. The van der Waals surface area contributed by atoms with Crippen molar-refractivity contribution in [3.8, 4) is 0 Å². The van der Waals surface area contributed by atoms with Gasteiger partial charge in [0, 0.05) is 11.4 Å². The number of imidazole rings is 1. The fraction of sp³-hybridized carbons (Fsp3) is 0.500. The molecule has 2 aromatic rings. The van der Waals surface area contributed by atoms with E-state index in [0.717, 1.165) is 12.1 Å². The lowest BCUT2D eigenvalue weighted by Crippen LogP contribution is -2.09. The van der Waals surface area contributed by atoms with E-state index in [0.29, 0.717) is 5.92 Å². The standard InChI is InChI=1S/C14H18N2/c1-9-7-11(3)16-13(8-9)15-12-6-4-5-10(2)14(12)16/h7-8,10H,4-6H2,1-3H3. The second kappa shape index (κ2) is 3.34. The lowest BCUT2D eigenvalue weighted by Gasteiger charge is -2.19. The monoisotopic (exact) mass is 214 g/mol. The van der Waals surface area contributed by atoms with Gasteiger partial charge in [-0.25, -0.2) is 4.98 Å². The predicted molar refractivity (Wildman–Crippen MR) is 66.0 cm³/mol. The van der Waals surface area contributed by atoms with Crippen molar-refractivity contribution >= 4 is 5.65 Å². The van der Waals surface area contributed by atoms with E-state index < -0.39 is 0 Å². The number of hydrogen-bond donors (Lipinski definition) is 0. The molecule has 1 aliphatic carbocycles. The molecule has 0 aromatic carbocycles. The summed E-state index contributed by atoms with van der Waals surface area (Å²) in [5.41, 5.74) is 6.54. The van der Waals surface area contributed by atoms with E-state index >= 15 is 0 Å². The van der Waals surface area contributed by atoms with E-state index in [-0.39, 0.29) is 0 Å². The minimum absolute atomic E-state index is 0.653. The van der Waals surface area contributed by atoms with Gasteiger partial charge in [-0.05, 0) is 56.7 Å². The first kappa shape index (κ1) is 9.88. The topological polar surface area (TPSA) is 17.3 Å². The molecule has 2 aromatic heterocycles. The van der Waals surface area contributed by atoms with Crippen LogP contribution >= 0.6 is 0 Å². The number of rotatable bonds is 0. The smallest absolute Gasteiger partial charge is 0.137 e. The minimum Gasteiger partial charge on any atom is -0.301 e. The number of hydrogen-bond acceptors (Lipinski definition) is 1. The summed E-state index contributed by atoms with van der Waals surface area (Å²) in [6, 6.07) is 4.44. The number of fused-ring (bicyclic) bond motifs is 3. The van der Waals surface area contributed by atoms with Gasteiger partial charge in [0.15, 0.2) is 0 Å². The molecule has 0 radical (unpaired) electrons. The first-order valence-corrected chi connectivity index (χ1v) is 6.15. The maximum absolute atomic E-state index is 4.79. The molecule has 0 fully saturated rings. The molecular formula is C14H18N2. The second-order valence-corrected chi connectivity index (χ2v) is 5.10. The molecule has 2 heterocycles. The predicted octanol–water partition coefficient (Wildman–Crippen LogP) is 3.39. The molecule has 0 bridgehead atoms. The van der Waals surface area contributed by atoms with E-state index in [1.54, 1.807) is 0 Å². The Morgan fingerprint density at radius 2 is 2.12 bits per heavy atom. The van der Waals surface area contributed by atoms with Gasteiger partial charge in [-0.1, -0.05) is 6.92 Å². The Balaban J connectivity index is 2.38. The van der Waals surface area contributed by atoms with Crippen LogP contribution in [0.1, 0.15) is 48.3 Å². The Morgan fingerprint density at radius 1 is 1.31 bits per heavy atom. The van der Waals surface area contributed by atoms with Crippen LogP contribution in [0.4, 0.5) is 0 Å². The van der Waals surface area contributed by atoms with Crippen molar-refractivity contribution in [1.82, 2.24) is 9.38 Å². The first-order valence-electron chi connectivity index (χ1n) is 6.15. The van der Waals surface area contributed by atoms with E-state index in [2.05, 4.69) is 37.3 Å². The molecule has 1 aliphatic rings. The third-order valence-corrected chi connectivity index (χ3v) is 3.68. The Hall–Kier alpha value is -1.31. The Kier molecular flexibility index (Phi) is 2.06. The molecule has 0 aliphatic heterocycles. The molecule has 2 nitrogen and oxygen atoms in total. The molecule has 0 N–H and O–H groups in total. The van der Waals surface area contributed by atoms with Crippen LogP contribution in [-0.2, 0) is 6.42 Å². The van der Waals surface area contributed by atoms with Gasteiger partial charge in [0.2, 0.25) is 0 Å². The average molecular weight is 214 g/mol. The van der Waals surface area contributed by atoms with Crippen molar-refractivity contribution in [2.75, 3.05) is 0 Å². The number of pyridine rings is 1. The van der Waals surface area contributed by atoms with Crippen LogP contribution in [0.3, 0.4) is 0 Å². The quantitative estimate of drug-likeness (QED) is 0.657. The molecule has 16 heavy (non-hydrogen) atoms. The van der Waals surface area contributed by atoms with Gasteiger partial charge in [0.25, 0.3) is 0 Å². The molecule has 2 heteroatoms. The lowest BCUT2D eigenvalue weighted by molar-refractivity contribution is 0.566. The van der Waals surface area contributed by atoms with Crippen LogP contribution in [0.5, 0.6) is 0 Å². The maximum atomic E-state index is 4.79. The molecule has 84 valence electrons. The summed E-state index contributed by atoms with van der Waals surface area (Å²) in [7, 11) is 0. The largest absolute Gasteiger partial charge is 0.301 e. The Bertz CT molecular complexity index is 551. The average Bonchev–Trinajstić information content (AvgIpc) is 2.56. The summed E-state index contributed by atoms with van der Waals surface area (Å²) in [5.74, 6) is 0.653. The van der Waals surface area contributed by atoms with Crippen molar-refractivity contribution < 1.29 is 0 Å². The molecule has 0 saturated carbocycles. The zero-order valence-electron chi connectivity index (χ0n) is 10.2. The van der Waals surface area contributed by atoms with Gasteiger partial charge >= 0.3 is 0 Å². The van der Waals surface area contributed by atoms with Crippen molar-refractivity contribution in [3.63, 3.8) is 0 Å². The number of nitrogens with zero attached hydrogens (tertiary/aromatic N) is 2. The van der Waals surface area contributed by atoms with Gasteiger partial charge in [0.05, 0.1) is 5.69 Å². The van der Waals surface area contributed by atoms with Gasteiger partial charge in [0.1, 0.15) is 5.65 Å². The molecular weight excluding hydrogens is 196 g/mol. The zero-order chi connectivity index (χ0) is 11.3. The van der Waals surface area contributed by atoms with Crippen molar-refractivity contribution in [1.29, 1.82) is 0 Å². The van der Waals surface area contributed by atoms with E-state index in [1.165, 1.54) is 35.5 Å². The maximum Gasteiger partial charge on any atom is 0.137 e. The second-order valence-electron chi connectivity index (χ2n) is 5.10. The normalized spacial score (nSPS) is 20.1. The van der Waals surface area contributed by atoms with Crippen LogP contribution in [-0.4, -0.2) is 9.38 Å². The van der Waals surface area contributed by atoms with Gasteiger partial charge < -0.3 is 4.40 Å². The highest BCUT2D eigenvalue weighted by molar-refractivity contribution is 5.49. The van der Waals surface area contributed by atoms with E-state index in [1.807, 2.05) is 0 Å². The number of aromatic nitrogens is 2. The molecule has 1 unspecified atom stereocenters. The highest BCUT2D eigenvalue weighted by Crippen LogP contribution is 2.32. The Labute approximate surface area is 96.3 Å². The fourth-order valence-electron chi connectivity index (χ4n) is 3.01. The van der Waals surface area contributed by atoms with E-state index in [4.69, 9.17) is 4.98 Å². The van der Waals surface area contributed by atoms with Gasteiger partial charge in [-0.15, -0.1) is 0 Å². The fourth-order valence-corrected chi connectivity index (χ4v) is 3.01. The van der Waals surface area contributed by atoms with E-state index in [9.17, 15) is 0 Å². The van der Waals surface area contributed by atoms with Crippen molar-refractivity contribution in [2.45, 2.75) is 46.0 Å². The summed E-state index contributed by atoms with van der Waals surface area (Å²) in [5, 5.41) is 0. The summed E-state index contributed by atoms with van der Waals surface area (Å²) >= 11 is 0. The highest BCUT2D eigenvalue weighted by atomic mass is 15.0. The minimum atomic E-state index is 0.653. The zero-order valence-corrected chi connectivity index (χ0v) is 10.2. The SMILES string of the molecule is Cc1cc(C)n2c3c(nc2c1)CCCC3C. The molecule has 3 rings (SSSR count). The molecule has 1 atom stereocenters. The van der Waals surface area contributed by atoms with Gasteiger partial charge in [-0.2, -0.15) is 0 Å². The van der Waals surface area contributed by atoms with Crippen LogP contribution in [0.15, 0.2) is 12.1 Å². The van der Waals surface area contributed by atoms with Crippen LogP contribution < -0.4 is 0 Å². The summed E-state index contributed by atoms with van der Waals surface area (Å²) in [6.45, 7) is 6.65. The first-order chi connectivity index (χ1) is 7.66. The Morgan fingerprint density at radius 3 is 2.94 bits per heavy atom. The summed E-state index contributed by atoms with van der Waals surface area (Å²) in [4.78, 5) is 4.79. The van der Waals surface area contributed by atoms with Crippen LogP contribution in [0, 0.1) is 13.8 Å². The molecule has 0 spiro atoms. The number of aryl methyl sites for hydroxylation is 3. The summed E-state index contributed by atoms with van der Waals surface area (Å²) < 4.78 is 2.35. The third kappa shape index (κ3) is 1.29.